The molecule has 0 atom stereocenters. The fourth-order valence-electron chi connectivity index (χ4n) is 1.72. The fourth-order valence-corrected chi connectivity index (χ4v) is 1.72. The Morgan fingerprint density at radius 3 is 2.27 bits per heavy atom. The summed E-state index contributed by atoms with van der Waals surface area (Å²) in [5, 5.41) is 2.60. The third-order valence-electron chi connectivity index (χ3n) is 2.78. The lowest BCUT2D eigenvalue weighted by Crippen LogP contribution is -2.05. The largest absolute Gasteiger partial charge is 0.496 e. The number of methoxy groups -OCH3 is 1. The molecule has 2 rings (SSSR count). The molecule has 0 aliphatic carbocycles. The maximum atomic E-state index is 10.6. The Morgan fingerprint density at radius 2 is 1.82 bits per heavy atom. The van der Waals surface area contributed by atoms with Gasteiger partial charge in [0.25, 0.3) is 0 Å². The van der Waals surface area contributed by atoms with E-state index >= 15 is 0 Å². The van der Waals surface area contributed by atoms with E-state index in [9.17, 15) is 9.59 Å². The molecule has 5 nitrogen and oxygen atoms in total. The topological polar surface area (TPSA) is 81.4 Å². The number of amides is 1. The first kappa shape index (κ1) is 17.4. The van der Waals surface area contributed by atoms with E-state index in [-0.39, 0.29) is 5.91 Å². The van der Waals surface area contributed by atoms with Gasteiger partial charge in [-0.1, -0.05) is 18.2 Å². The van der Waals surface area contributed by atoms with Crippen LogP contribution in [0.4, 0.5) is 5.69 Å². The van der Waals surface area contributed by atoms with Crippen LogP contribution in [0.2, 0.25) is 0 Å². The van der Waals surface area contributed by atoms with E-state index in [1.165, 1.54) is 6.92 Å². The summed E-state index contributed by atoms with van der Waals surface area (Å²) in [6.07, 6.45) is 0.761. The van der Waals surface area contributed by atoms with E-state index in [0.29, 0.717) is 17.8 Å². The molecule has 0 spiro atoms. The maximum Gasteiger partial charge on any atom is 0.221 e. The molecule has 0 saturated carbocycles. The Balaban J connectivity index is 0.000000224. The third kappa shape index (κ3) is 5.76. The quantitative estimate of drug-likeness (QED) is 0.850. The Morgan fingerprint density at radius 1 is 1.18 bits per heavy atom. The predicted octanol–water partition coefficient (Wildman–Crippen LogP) is 2.61. The first-order chi connectivity index (χ1) is 10.6. The van der Waals surface area contributed by atoms with Crippen LogP contribution in [0.1, 0.15) is 22.8 Å². The predicted molar refractivity (Wildman–Crippen MR) is 87.0 cm³/mol. The molecule has 0 heterocycles. The van der Waals surface area contributed by atoms with E-state index < -0.39 is 0 Å². The molecule has 0 fully saturated rings. The maximum absolute atomic E-state index is 10.6. The smallest absolute Gasteiger partial charge is 0.221 e. The van der Waals surface area contributed by atoms with Crippen LogP contribution >= 0.6 is 0 Å². The van der Waals surface area contributed by atoms with Crippen molar-refractivity contribution in [3.05, 3.63) is 59.7 Å². The van der Waals surface area contributed by atoms with Gasteiger partial charge in [0.05, 0.1) is 7.11 Å². The molecule has 0 unspecified atom stereocenters. The molecule has 2 aromatic carbocycles. The van der Waals surface area contributed by atoms with Gasteiger partial charge in [-0.2, -0.15) is 0 Å². The Bertz CT molecular complexity index is 587. The lowest BCUT2D eigenvalue weighted by Gasteiger charge is -2.03. The van der Waals surface area contributed by atoms with Crippen molar-refractivity contribution in [2.24, 2.45) is 5.73 Å². The van der Waals surface area contributed by atoms with E-state index in [4.69, 9.17) is 10.5 Å². The van der Waals surface area contributed by atoms with Gasteiger partial charge in [-0.3, -0.25) is 9.59 Å². The summed E-state index contributed by atoms with van der Waals surface area (Å²) >= 11 is 0. The third-order valence-corrected chi connectivity index (χ3v) is 2.78. The Kier molecular flexibility index (Phi) is 7.36. The van der Waals surface area contributed by atoms with Crippen molar-refractivity contribution >= 4 is 17.9 Å². The zero-order valence-corrected chi connectivity index (χ0v) is 12.7. The standard InChI is InChI=1S/C9H9NO2.C8H11NO/c1-7(12)10-9-4-2-8(6-11)3-5-9;1-10-8-5-3-2-4-7(8)6-9/h2-6H,1H3,(H,10,12);2-5H,6,9H2,1H3. The number of nitrogens with two attached hydrogens (primary N) is 1. The van der Waals surface area contributed by atoms with Crippen molar-refractivity contribution < 1.29 is 14.3 Å². The summed E-state index contributed by atoms with van der Waals surface area (Å²) in [7, 11) is 1.65. The van der Waals surface area contributed by atoms with Gasteiger partial charge in [0.1, 0.15) is 12.0 Å². The average molecular weight is 300 g/mol. The number of hydrogen-bond donors (Lipinski definition) is 2. The van der Waals surface area contributed by atoms with Crippen LogP contribution in [0, 0.1) is 0 Å². The molecule has 0 aliphatic rings. The minimum Gasteiger partial charge on any atom is -0.496 e. The van der Waals surface area contributed by atoms with Crippen LogP contribution in [0.15, 0.2) is 48.5 Å². The number of aldehydes is 1. The molecular weight excluding hydrogens is 280 g/mol. The highest BCUT2D eigenvalue weighted by Gasteiger charge is 1.96. The number of carbonyl (C=O) groups is 2. The molecule has 0 aliphatic heterocycles. The van der Waals surface area contributed by atoms with Crippen LogP contribution in [0.5, 0.6) is 5.75 Å². The molecule has 2 aromatic rings. The van der Waals surface area contributed by atoms with Gasteiger partial charge < -0.3 is 15.8 Å². The molecule has 5 heteroatoms. The first-order valence-electron chi connectivity index (χ1n) is 6.75. The first-order valence-corrected chi connectivity index (χ1v) is 6.75. The van der Waals surface area contributed by atoms with Gasteiger partial charge in [-0.05, 0) is 30.3 Å². The monoisotopic (exact) mass is 300 g/mol. The van der Waals surface area contributed by atoms with E-state index in [2.05, 4.69) is 5.32 Å². The number of rotatable bonds is 4. The molecule has 0 aromatic heterocycles. The molecule has 22 heavy (non-hydrogen) atoms. The zero-order valence-electron chi connectivity index (χ0n) is 12.7. The van der Waals surface area contributed by atoms with E-state index in [0.717, 1.165) is 17.6 Å². The summed E-state index contributed by atoms with van der Waals surface area (Å²) in [4.78, 5) is 20.8. The summed E-state index contributed by atoms with van der Waals surface area (Å²) in [5.74, 6) is 0.749. The van der Waals surface area contributed by atoms with Gasteiger partial charge in [0.2, 0.25) is 5.91 Å². The summed E-state index contributed by atoms with van der Waals surface area (Å²) < 4.78 is 5.06. The van der Waals surface area contributed by atoms with Gasteiger partial charge in [0.15, 0.2) is 0 Å². The minimum atomic E-state index is -0.117. The van der Waals surface area contributed by atoms with Crippen molar-refractivity contribution in [1.29, 1.82) is 0 Å². The molecule has 0 bridgehead atoms. The van der Waals surface area contributed by atoms with Gasteiger partial charge in [-0.25, -0.2) is 0 Å². The SMILES string of the molecule is CC(=O)Nc1ccc(C=O)cc1.COc1ccccc1CN. The fraction of sp³-hybridized carbons (Fsp3) is 0.176. The number of ether oxygens (including phenoxy) is 1. The highest BCUT2D eigenvalue weighted by molar-refractivity contribution is 5.89. The summed E-state index contributed by atoms with van der Waals surface area (Å²) in [6.45, 7) is 1.97. The van der Waals surface area contributed by atoms with Crippen LogP contribution in [0.25, 0.3) is 0 Å². The van der Waals surface area contributed by atoms with Crippen LogP contribution < -0.4 is 15.8 Å². The molecule has 1 amide bonds. The van der Waals surface area contributed by atoms with Crippen LogP contribution in [-0.4, -0.2) is 19.3 Å². The molecule has 0 radical (unpaired) electrons. The van der Waals surface area contributed by atoms with Crippen molar-refractivity contribution in [1.82, 2.24) is 0 Å². The molecule has 0 saturated heterocycles. The number of nitrogens with one attached hydrogen (secondary N) is 1. The Hall–Kier alpha value is -2.66. The number of anilines is 1. The normalized spacial score (nSPS) is 9.23. The number of carbonyl (C=O) groups excluding carboxylic acids is 2. The van der Waals surface area contributed by atoms with Gasteiger partial charge >= 0.3 is 0 Å². The second-order valence-corrected chi connectivity index (χ2v) is 4.44. The highest BCUT2D eigenvalue weighted by Crippen LogP contribution is 2.15. The summed E-state index contributed by atoms with van der Waals surface area (Å²) in [5.41, 5.74) is 7.80. The van der Waals surface area contributed by atoms with E-state index in [1.54, 1.807) is 31.4 Å². The number of para-hydroxylation sites is 1. The highest BCUT2D eigenvalue weighted by atomic mass is 16.5. The lowest BCUT2D eigenvalue weighted by atomic mass is 10.2. The lowest BCUT2D eigenvalue weighted by molar-refractivity contribution is -0.114. The van der Waals surface area contributed by atoms with Crippen molar-refractivity contribution in [3.63, 3.8) is 0 Å². The number of hydrogen-bond acceptors (Lipinski definition) is 4. The second kappa shape index (κ2) is 9.31. The zero-order chi connectivity index (χ0) is 16.4. The van der Waals surface area contributed by atoms with Gasteiger partial charge in [-0.15, -0.1) is 0 Å². The summed E-state index contributed by atoms with van der Waals surface area (Å²) in [6, 6.07) is 14.4. The van der Waals surface area contributed by atoms with E-state index in [1.807, 2.05) is 24.3 Å². The van der Waals surface area contributed by atoms with Crippen LogP contribution in [0.3, 0.4) is 0 Å². The van der Waals surface area contributed by atoms with Gasteiger partial charge in [0, 0.05) is 30.3 Å². The van der Waals surface area contributed by atoms with Crippen molar-refractivity contribution in [2.45, 2.75) is 13.5 Å². The second-order valence-electron chi connectivity index (χ2n) is 4.44. The average Bonchev–Trinajstić information content (AvgIpc) is 2.55. The van der Waals surface area contributed by atoms with Crippen LogP contribution in [-0.2, 0) is 11.3 Å². The number of benzene rings is 2. The molecular formula is C17H20N2O3. The molecule has 116 valence electrons. The minimum absolute atomic E-state index is 0.117. The van der Waals surface area contributed by atoms with Crippen molar-refractivity contribution in [2.75, 3.05) is 12.4 Å². The van der Waals surface area contributed by atoms with Crippen molar-refractivity contribution in [3.8, 4) is 5.75 Å². The Labute approximate surface area is 130 Å². The molecule has 3 N–H and O–H groups in total.